The standard InChI is InChI=1S/C18H26N2O/c1-5-11-19-13-14-12-17(21-18(3,4)6-2)15-9-7-8-10-16(15)20-14/h7-10,12,19H,5-6,11,13H2,1-4H3. The van der Waals surface area contributed by atoms with Crippen LogP contribution in [0.4, 0.5) is 0 Å². The van der Waals surface area contributed by atoms with Crippen LogP contribution in [0.25, 0.3) is 10.9 Å². The van der Waals surface area contributed by atoms with E-state index in [1.807, 2.05) is 18.2 Å². The Labute approximate surface area is 127 Å². The number of ether oxygens (including phenoxy) is 1. The average molecular weight is 286 g/mol. The molecule has 21 heavy (non-hydrogen) atoms. The quantitative estimate of drug-likeness (QED) is 0.770. The van der Waals surface area contributed by atoms with Gasteiger partial charge in [0.15, 0.2) is 0 Å². The Bertz CT molecular complexity index is 593. The summed E-state index contributed by atoms with van der Waals surface area (Å²) >= 11 is 0. The molecule has 0 aliphatic heterocycles. The van der Waals surface area contributed by atoms with Crippen molar-refractivity contribution in [2.45, 2.75) is 52.7 Å². The Morgan fingerprint density at radius 3 is 2.67 bits per heavy atom. The number of rotatable bonds is 7. The second kappa shape index (κ2) is 6.90. The van der Waals surface area contributed by atoms with E-state index in [2.05, 4.69) is 45.1 Å². The van der Waals surface area contributed by atoms with E-state index in [0.717, 1.165) is 48.3 Å². The lowest BCUT2D eigenvalue weighted by molar-refractivity contribution is 0.107. The van der Waals surface area contributed by atoms with E-state index in [-0.39, 0.29) is 5.60 Å². The van der Waals surface area contributed by atoms with Crippen molar-refractivity contribution in [2.75, 3.05) is 6.54 Å². The number of pyridine rings is 1. The van der Waals surface area contributed by atoms with Crippen molar-refractivity contribution in [1.29, 1.82) is 0 Å². The lowest BCUT2D eigenvalue weighted by atomic mass is 10.1. The summed E-state index contributed by atoms with van der Waals surface area (Å²) in [7, 11) is 0. The van der Waals surface area contributed by atoms with E-state index in [0.29, 0.717) is 0 Å². The summed E-state index contributed by atoms with van der Waals surface area (Å²) in [6, 6.07) is 10.2. The van der Waals surface area contributed by atoms with Crippen LogP contribution < -0.4 is 10.1 Å². The van der Waals surface area contributed by atoms with Gasteiger partial charge in [-0.1, -0.05) is 26.0 Å². The highest BCUT2D eigenvalue weighted by Crippen LogP contribution is 2.29. The third kappa shape index (κ3) is 4.18. The second-order valence-electron chi connectivity index (χ2n) is 6.02. The minimum Gasteiger partial charge on any atom is -0.487 e. The average Bonchev–Trinajstić information content (AvgIpc) is 2.47. The largest absolute Gasteiger partial charge is 0.487 e. The predicted octanol–water partition coefficient (Wildman–Crippen LogP) is 4.30. The van der Waals surface area contributed by atoms with E-state index in [1.54, 1.807) is 0 Å². The van der Waals surface area contributed by atoms with Gasteiger partial charge in [0.2, 0.25) is 0 Å². The molecule has 2 aromatic rings. The van der Waals surface area contributed by atoms with Gasteiger partial charge < -0.3 is 10.1 Å². The Morgan fingerprint density at radius 1 is 1.19 bits per heavy atom. The van der Waals surface area contributed by atoms with Crippen LogP contribution in [0, 0.1) is 0 Å². The molecule has 0 bridgehead atoms. The van der Waals surface area contributed by atoms with Crippen LogP contribution in [-0.2, 0) is 6.54 Å². The normalized spacial score (nSPS) is 11.8. The third-order valence-electron chi connectivity index (χ3n) is 3.70. The fourth-order valence-corrected chi connectivity index (χ4v) is 2.13. The molecular formula is C18H26N2O. The van der Waals surface area contributed by atoms with Crippen molar-refractivity contribution >= 4 is 10.9 Å². The molecule has 0 aliphatic carbocycles. The van der Waals surface area contributed by atoms with Crippen LogP contribution in [0.15, 0.2) is 30.3 Å². The zero-order valence-electron chi connectivity index (χ0n) is 13.6. The number of fused-ring (bicyclic) bond motifs is 1. The van der Waals surface area contributed by atoms with Gasteiger partial charge in [-0.15, -0.1) is 0 Å². The lowest BCUT2D eigenvalue weighted by Crippen LogP contribution is -2.27. The van der Waals surface area contributed by atoms with E-state index in [1.165, 1.54) is 0 Å². The van der Waals surface area contributed by atoms with Gasteiger partial charge in [-0.3, -0.25) is 4.98 Å². The van der Waals surface area contributed by atoms with Crippen molar-refractivity contribution in [3.63, 3.8) is 0 Å². The Balaban J connectivity index is 2.36. The summed E-state index contributed by atoms with van der Waals surface area (Å²) < 4.78 is 6.24. The van der Waals surface area contributed by atoms with Gasteiger partial charge in [-0.05, 0) is 45.4 Å². The van der Waals surface area contributed by atoms with Gasteiger partial charge in [0, 0.05) is 18.0 Å². The van der Waals surface area contributed by atoms with Crippen LogP contribution in [0.1, 0.15) is 46.2 Å². The molecule has 1 heterocycles. The van der Waals surface area contributed by atoms with Gasteiger partial charge in [-0.25, -0.2) is 0 Å². The fraction of sp³-hybridized carbons (Fsp3) is 0.500. The first-order valence-corrected chi connectivity index (χ1v) is 7.84. The molecule has 0 unspecified atom stereocenters. The molecule has 0 atom stereocenters. The highest BCUT2D eigenvalue weighted by molar-refractivity contribution is 5.85. The predicted molar refractivity (Wildman–Crippen MR) is 88.7 cm³/mol. The third-order valence-corrected chi connectivity index (χ3v) is 3.70. The molecule has 0 saturated carbocycles. The summed E-state index contributed by atoms with van der Waals surface area (Å²) in [5, 5.41) is 4.48. The smallest absolute Gasteiger partial charge is 0.131 e. The molecule has 0 spiro atoms. The number of hydrogen-bond donors (Lipinski definition) is 1. The molecule has 0 amide bonds. The number of para-hydroxylation sites is 1. The number of nitrogens with one attached hydrogen (secondary N) is 1. The molecule has 0 saturated heterocycles. The van der Waals surface area contributed by atoms with Crippen molar-refractivity contribution in [1.82, 2.24) is 10.3 Å². The molecule has 2 rings (SSSR count). The molecule has 1 aromatic heterocycles. The summed E-state index contributed by atoms with van der Waals surface area (Å²) in [4.78, 5) is 4.72. The number of benzene rings is 1. The monoisotopic (exact) mass is 286 g/mol. The first-order chi connectivity index (χ1) is 10.1. The van der Waals surface area contributed by atoms with Crippen LogP contribution >= 0.6 is 0 Å². The summed E-state index contributed by atoms with van der Waals surface area (Å²) in [5.74, 6) is 0.931. The summed E-state index contributed by atoms with van der Waals surface area (Å²) in [6.45, 7) is 10.3. The molecule has 114 valence electrons. The highest BCUT2D eigenvalue weighted by Gasteiger charge is 2.19. The van der Waals surface area contributed by atoms with Gasteiger partial charge in [0.25, 0.3) is 0 Å². The topological polar surface area (TPSA) is 34.1 Å². The molecule has 0 fully saturated rings. The Morgan fingerprint density at radius 2 is 1.95 bits per heavy atom. The van der Waals surface area contributed by atoms with Crippen LogP contribution in [0.5, 0.6) is 5.75 Å². The van der Waals surface area contributed by atoms with Gasteiger partial charge in [0.1, 0.15) is 11.4 Å². The van der Waals surface area contributed by atoms with E-state index in [4.69, 9.17) is 9.72 Å². The van der Waals surface area contributed by atoms with Crippen molar-refractivity contribution in [3.8, 4) is 5.75 Å². The maximum atomic E-state index is 6.24. The fourth-order valence-electron chi connectivity index (χ4n) is 2.13. The zero-order chi connectivity index (χ0) is 15.3. The summed E-state index contributed by atoms with van der Waals surface area (Å²) in [5.41, 5.74) is 1.86. The van der Waals surface area contributed by atoms with Crippen molar-refractivity contribution in [2.24, 2.45) is 0 Å². The van der Waals surface area contributed by atoms with Gasteiger partial charge >= 0.3 is 0 Å². The van der Waals surface area contributed by atoms with E-state index >= 15 is 0 Å². The molecule has 0 radical (unpaired) electrons. The summed E-state index contributed by atoms with van der Waals surface area (Å²) in [6.07, 6.45) is 2.09. The minimum atomic E-state index is -0.168. The van der Waals surface area contributed by atoms with Crippen LogP contribution in [-0.4, -0.2) is 17.1 Å². The van der Waals surface area contributed by atoms with Crippen LogP contribution in [0.2, 0.25) is 0 Å². The molecular weight excluding hydrogens is 260 g/mol. The van der Waals surface area contributed by atoms with E-state index < -0.39 is 0 Å². The van der Waals surface area contributed by atoms with Gasteiger partial charge in [0.05, 0.1) is 11.2 Å². The first kappa shape index (κ1) is 15.8. The maximum Gasteiger partial charge on any atom is 0.131 e. The van der Waals surface area contributed by atoms with Crippen LogP contribution in [0.3, 0.4) is 0 Å². The number of nitrogens with zero attached hydrogens (tertiary/aromatic N) is 1. The van der Waals surface area contributed by atoms with E-state index in [9.17, 15) is 0 Å². The molecule has 3 heteroatoms. The number of hydrogen-bond acceptors (Lipinski definition) is 3. The molecule has 1 N–H and O–H groups in total. The SMILES string of the molecule is CCCNCc1cc(OC(C)(C)CC)c2ccccc2n1. The maximum absolute atomic E-state index is 6.24. The lowest BCUT2D eigenvalue weighted by Gasteiger charge is -2.26. The van der Waals surface area contributed by atoms with Gasteiger partial charge in [-0.2, -0.15) is 0 Å². The Kier molecular flexibility index (Phi) is 5.18. The van der Waals surface area contributed by atoms with Crippen molar-refractivity contribution in [3.05, 3.63) is 36.0 Å². The second-order valence-corrected chi connectivity index (χ2v) is 6.02. The molecule has 3 nitrogen and oxygen atoms in total. The highest BCUT2D eigenvalue weighted by atomic mass is 16.5. The number of aromatic nitrogens is 1. The van der Waals surface area contributed by atoms with Crippen molar-refractivity contribution < 1.29 is 4.74 Å². The Hall–Kier alpha value is -1.61. The zero-order valence-corrected chi connectivity index (χ0v) is 13.6. The first-order valence-electron chi connectivity index (χ1n) is 7.84. The molecule has 0 aliphatic rings. The molecule has 1 aromatic carbocycles. The minimum absolute atomic E-state index is 0.168.